The van der Waals surface area contributed by atoms with E-state index in [1.165, 1.54) is 6.07 Å². The lowest BCUT2D eigenvalue weighted by Crippen LogP contribution is -2.41. The number of piperidine rings is 1. The number of rotatable bonds is 5. The van der Waals surface area contributed by atoms with Gasteiger partial charge in [-0.05, 0) is 24.8 Å². The molecule has 1 saturated heterocycles. The van der Waals surface area contributed by atoms with Gasteiger partial charge in [0, 0.05) is 38.3 Å². The van der Waals surface area contributed by atoms with Gasteiger partial charge in [-0.1, -0.05) is 25.1 Å². The Balaban J connectivity index is 1.89. The SMILES string of the molecule is COC1CCN(CC(C)C(N)c2ccccc2F)CC1. The molecule has 1 fully saturated rings. The molecule has 3 nitrogen and oxygen atoms in total. The maximum absolute atomic E-state index is 13.8. The van der Waals surface area contributed by atoms with Gasteiger partial charge in [0.05, 0.1) is 6.10 Å². The summed E-state index contributed by atoms with van der Waals surface area (Å²) in [6.45, 7) is 5.07. The molecule has 0 aliphatic carbocycles. The minimum atomic E-state index is -0.253. The zero-order chi connectivity index (χ0) is 14.5. The number of benzene rings is 1. The van der Waals surface area contributed by atoms with Crippen molar-refractivity contribution in [3.8, 4) is 0 Å². The Hall–Kier alpha value is -0.970. The van der Waals surface area contributed by atoms with Crippen LogP contribution in [0.2, 0.25) is 0 Å². The van der Waals surface area contributed by atoms with E-state index in [9.17, 15) is 4.39 Å². The van der Waals surface area contributed by atoms with Gasteiger partial charge in [-0.15, -0.1) is 0 Å². The third-order valence-corrected chi connectivity index (χ3v) is 4.29. The number of nitrogens with zero attached hydrogens (tertiary/aromatic N) is 1. The van der Waals surface area contributed by atoms with Crippen molar-refractivity contribution >= 4 is 0 Å². The summed E-state index contributed by atoms with van der Waals surface area (Å²) in [4.78, 5) is 2.40. The third-order valence-electron chi connectivity index (χ3n) is 4.29. The average molecular weight is 280 g/mol. The van der Waals surface area contributed by atoms with E-state index in [-0.39, 0.29) is 17.8 Å². The van der Waals surface area contributed by atoms with Crippen LogP contribution in [0.1, 0.15) is 31.4 Å². The van der Waals surface area contributed by atoms with E-state index in [1.54, 1.807) is 19.2 Å². The van der Waals surface area contributed by atoms with Crippen LogP contribution in [0.3, 0.4) is 0 Å². The van der Waals surface area contributed by atoms with Crippen LogP contribution in [0.15, 0.2) is 24.3 Å². The number of nitrogens with two attached hydrogens (primary N) is 1. The first kappa shape index (κ1) is 15.4. The summed E-state index contributed by atoms with van der Waals surface area (Å²) in [6, 6.07) is 6.55. The lowest BCUT2D eigenvalue weighted by molar-refractivity contribution is 0.0361. The van der Waals surface area contributed by atoms with Crippen molar-refractivity contribution in [3.63, 3.8) is 0 Å². The van der Waals surface area contributed by atoms with Crippen molar-refractivity contribution < 1.29 is 9.13 Å². The van der Waals surface area contributed by atoms with E-state index < -0.39 is 0 Å². The molecule has 0 spiro atoms. The summed E-state index contributed by atoms with van der Waals surface area (Å²) in [5.74, 6) is 0.0240. The standard InChI is InChI=1S/C16H25FN2O/c1-12(11-19-9-7-13(20-2)8-10-19)16(18)14-5-3-4-6-15(14)17/h3-6,12-13,16H,7-11,18H2,1-2H3. The summed E-state index contributed by atoms with van der Waals surface area (Å²) in [5, 5.41) is 0. The molecule has 1 aromatic rings. The molecule has 0 aromatic heterocycles. The smallest absolute Gasteiger partial charge is 0.127 e. The van der Waals surface area contributed by atoms with Crippen molar-refractivity contribution in [2.75, 3.05) is 26.7 Å². The second kappa shape index (κ2) is 7.16. The van der Waals surface area contributed by atoms with Crippen LogP contribution < -0.4 is 5.73 Å². The van der Waals surface area contributed by atoms with E-state index >= 15 is 0 Å². The topological polar surface area (TPSA) is 38.5 Å². The quantitative estimate of drug-likeness (QED) is 0.901. The number of ether oxygens (including phenoxy) is 1. The van der Waals surface area contributed by atoms with Gasteiger partial charge in [-0.3, -0.25) is 0 Å². The Morgan fingerprint density at radius 3 is 2.60 bits per heavy atom. The van der Waals surface area contributed by atoms with E-state index in [0.29, 0.717) is 11.7 Å². The molecule has 20 heavy (non-hydrogen) atoms. The molecular weight excluding hydrogens is 255 g/mol. The molecule has 0 radical (unpaired) electrons. The summed E-state index contributed by atoms with van der Waals surface area (Å²) < 4.78 is 19.1. The average Bonchev–Trinajstić information content (AvgIpc) is 2.48. The minimum absolute atomic E-state index is 0.204. The van der Waals surface area contributed by atoms with E-state index in [4.69, 9.17) is 10.5 Å². The summed E-state index contributed by atoms with van der Waals surface area (Å²) >= 11 is 0. The van der Waals surface area contributed by atoms with Crippen LogP contribution in [-0.2, 0) is 4.74 Å². The first-order chi connectivity index (χ1) is 9.61. The van der Waals surface area contributed by atoms with Gasteiger partial charge in [-0.2, -0.15) is 0 Å². The van der Waals surface area contributed by atoms with Gasteiger partial charge < -0.3 is 15.4 Å². The highest BCUT2D eigenvalue weighted by molar-refractivity contribution is 5.21. The van der Waals surface area contributed by atoms with Crippen molar-refractivity contribution in [2.24, 2.45) is 11.7 Å². The Morgan fingerprint density at radius 2 is 2.00 bits per heavy atom. The van der Waals surface area contributed by atoms with Crippen molar-refractivity contribution in [2.45, 2.75) is 31.9 Å². The van der Waals surface area contributed by atoms with Crippen molar-refractivity contribution in [1.29, 1.82) is 0 Å². The van der Waals surface area contributed by atoms with Crippen molar-refractivity contribution in [3.05, 3.63) is 35.6 Å². The number of hydrogen-bond acceptors (Lipinski definition) is 3. The van der Waals surface area contributed by atoms with Crippen LogP contribution in [0.25, 0.3) is 0 Å². The molecule has 4 heteroatoms. The molecule has 112 valence electrons. The van der Waals surface area contributed by atoms with Gasteiger partial charge >= 0.3 is 0 Å². The molecular formula is C16H25FN2O. The minimum Gasteiger partial charge on any atom is -0.381 e. The maximum Gasteiger partial charge on any atom is 0.127 e. The second-order valence-electron chi connectivity index (χ2n) is 5.76. The third kappa shape index (κ3) is 3.78. The highest BCUT2D eigenvalue weighted by atomic mass is 19.1. The zero-order valence-electron chi connectivity index (χ0n) is 12.4. The normalized spacial score (nSPS) is 20.8. The maximum atomic E-state index is 13.8. The molecule has 1 aliphatic rings. The Labute approximate surface area is 120 Å². The van der Waals surface area contributed by atoms with E-state index in [2.05, 4.69) is 11.8 Å². The van der Waals surface area contributed by atoms with Crippen LogP contribution in [0.5, 0.6) is 0 Å². The predicted molar refractivity (Wildman–Crippen MR) is 79.0 cm³/mol. The molecule has 0 amide bonds. The molecule has 2 rings (SSSR count). The van der Waals surface area contributed by atoms with Gasteiger partial charge in [0.25, 0.3) is 0 Å². The summed E-state index contributed by atoms with van der Waals surface area (Å²) in [6.07, 6.45) is 2.53. The fraction of sp³-hybridized carbons (Fsp3) is 0.625. The lowest BCUT2D eigenvalue weighted by atomic mass is 9.93. The Morgan fingerprint density at radius 1 is 1.35 bits per heavy atom. The van der Waals surface area contributed by atoms with E-state index in [0.717, 1.165) is 32.5 Å². The Kier molecular flexibility index (Phi) is 5.52. The first-order valence-electron chi connectivity index (χ1n) is 7.37. The highest BCUT2D eigenvalue weighted by Crippen LogP contribution is 2.24. The summed E-state index contributed by atoms with van der Waals surface area (Å²) in [5.41, 5.74) is 6.84. The monoisotopic (exact) mass is 280 g/mol. The predicted octanol–water partition coefficient (Wildman–Crippen LogP) is 2.57. The van der Waals surface area contributed by atoms with Crippen LogP contribution >= 0.6 is 0 Å². The Bertz CT molecular complexity index is 419. The number of halogens is 1. The van der Waals surface area contributed by atoms with Crippen molar-refractivity contribution in [1.82, 2.24) is 4.90 Å². The van der Waals surface area contributed by atoms with Gasteiger partial charge in [-0.25, -0.2) is 4.39 Å². The molecule has 2 N–H and O–H groups in total. The second-order valence-corrected chi connectivity index (χ2v) is 5.76. The van der Waals surface area contributed by atoms with Gasteiger partial charge in [0.1, 0.15) is 5.82 Å². The molecule has 0 saturated carbocycles. The molecule has 2 atom stereocenters. The molecule has 2 unspecified atom stereocenters. The number of likely N-dealkylation sites (tertiary alicyclic amines) is 1. The van der Waals surface area contributed by atoms with Crippen LogP contribution in [-0.4, -0.2) is 37.7 Å². The molecule has 1 aromatic carbocycles. The highest BCUT2D eigenvalue weighted by Gasteiger charge is 2.24. The van der Waals surface area contributed by atoms with Gasteiger partial charge in [0.15, 0.2) is 0 Å². The molecule has 1 heterocycles. The number of hydrogen-bond donors (Lipinski definition) is 1. The molecule has 1 aliphatic heterocycles. The van der Waals surface area contributed by atoms with Crippen LogP contribution in [0, 0.1) is 11.7 Å². The lowest BCUT2D eigenvalue weighted by Gasteiger charge is -2.34. The largest absolute Gasteiger partial charge is 0.381 e. The van der Waals surface area contributed by atoms with E-state index in [1.807, 2.05) is 6.07 Å². The van der Waals surface area contributed by atoms with Gasteiger partial charge in [0.2, 0.25) is 0 Å². The summed E-state index contributed by atoms with van der Waals surface area (Å²) in [7, 11) is 1.77. The number of methoxy groups -OCH3 is 1. The fourth-order valence-corrected chi connectivity index (χ4v) is 2.90. The fourth-order valence-electron chi connectivity index (χ4n) is 2.90. The van der Waals surface area contributed by atoms with Crippen LogP contribution in [0.4, 0.5) is 4.39 Å². The first-order valence-corrected chi connectivity index (χ1v) is 7.37. The zero-order valence-corrected chi connectivity index (χ0v) is 12.4. The molecule has 0 bridgehead atoms.